The normalized spacial score (nSPS) is 13.0. The Labute approximate surface area is 162 Å². The Morgan fingerprint density at radius 3 is 2.57 bits per heavy atom. The Kier molecular flexibility index (Phi) is 5.14. The zero-order valence-electron chi connectivity index (χ0n) is 15.2. The number of anilines is 4. The molecule has 1 saturated carbocycles. The minimum absolute atomic E-state index is 0.269. The lowest BCUT2D eigenvalue weighted by Crippen LogP contribution is -2.14. The van der Waals surface area contributed by atoms with Gasteiger partial charge >= 0.3 is 0 Å². The van der Waals surface area contributed by atoms with Crippen molar-refractivity contribution in [3.63, 3.8) is 0 Å². The van der Waals surface area contributed by atoms with Gasteiger partial charge in [-0.15, -0.1) is 0 Å². The topological polar surface area (TPSA) is 78.9 Å². The number of rotatable bonds is 7. The first-order valence-corrected chi connectivity index (χ1v) is 9.15. The van der Waals surface area contributed by atoms with Crippen molar-refractivity contribution < 1.29 is 9.18 Å². The van der Waals surface area contributed by atoms with Gasteiger partial charge in [-0.25, -0.2) is 9.37 Å². The lowest BCUT2D eigenvalue weighted by Gasteiger charge is -2.13. The molecule has 2 heterocycles. The van der Waals surface area contributed by atoms with Crippen LogP contribution in [0.15, 0.2) is 61.1 Å². The van der Waals surface area contributed by atoms with Crippen LogP contribution in [0, 0.1) is 11.7 Å². The minimum Gasteiger partial charge on any atom is -0.370 e. The van der Waals surface area contributed by atoms with Crippen molar-refractivity contribution in [3.05, 3.63) is 72.4 Å². The van der Waals surface area contributed by atoms with Gasteiger partial charge in [-0.1, -0.05) is 0 Å². The summed E-state index contributed by atoms with van der Waals surface area (Å²) in [5.74, 6) is 0.942. The lowest BCUT2D eigenvalue weighted by molar-refractivity contribution is 0.102. The highest BCUT2D eigenvalue weighted by Crippen LogP contribution is 2.28. The summed E-state index contributed by atoms with van der Waals surface area (Å²) < 4.78 is 13.1. The number of carbonyl (C=O) groups is 1. The van der Waals surface area contributed by atoms with Crippen LogP contribution in [-0.4, -0.2) is 22.4 Å². The Hall–Kier alpha value is -3.48. The van der Waals surface area contributed by atoms with E-state index in [-0.39, 0.29) is 11.7 Å². The summed E-state index contributed by atoms with van der Waals surface area (Å²) >= 11 is 0. The van der Waals surface area contributed by atoms with Crippen LogP contribution in [0.4, 0.5) is 27.3 Å². The van der Waals surface area contributed by atoms with Gasteiger partial charge in [0.1, 0.15) is 11.6 Å². The predicted molar refractivity (Wildman–Crippen MR) is 107 cm³/mol. The molecule has 28 heavy (non-hydrogen) atoms. The van der Waals surface area contributed by atoms with Crippen molar-refractivity contribution in [2.45, 2.75) is 12.8 Å². The average molecular weight is 377 g/mol. The summed E-state index contributed by atoms with van der Waals surface area (Å²) in [4.78, 5) is 21.0. The summed E-state index contributed by atoms with van der Waals surface area (Å²) in [6, 6.07) is 11.2. The number of carbonyl (C=O) groups excluding carboxylic acids is 1. The second-order valence-electron chi connectivity index (χ2n) is 6.76. The smallest absolute Gasteiger partial charge is 0.257 e. The van der Waals surface area contributed by atoms with Gasteiger partial charge in [-0.2, -0.15) is 0 Å². The monoisotopic (exact) mass is 377 g/mol. The van der Waals surface area contributed by atoms with E-state index in [2.05, 4.69) is 25.9 Å². The van der Waals surface area contributed by atoms with E-state index in [1.165, 1.54) is 25.0 Å². The van der Waals surface area contributed by atoms with Crippen molar-refractivity contribution in [2.24, 2.45) is 5.92 Å². The molecular weight excluding hydrogens is 357 g/mol. The molecule has 1 amide bonds. The van der Waals surface area contributed by atoms with Gasteiger partial charge in [0.25, 0.3) is 5.91 Å². The van der Waals surface area contributed by atoms with Gasteiger partial charge in [-0.3, -0.25) is 9.78 Å². The second-order valence-corrected chi connectivity index (χ2v) is 6.76. The van der Waals surface area contributed by atoms with Crippen LogP contribution in [-0.2, 0) is 0 Å². The molecule has 0 unspecified atom stereocenters. The number of pyridine rings is 2. The van der Waals surface area contributed by atoms with Crippen LogP contribution in [0.3, 0.4) is 0 Å². The summed E-state index contributed by atoms with van der Waals surface area (Å²) in [5, 5.41) is 9.27. The lowest BCUT2D eigenvalue weighted by atomic mass is 10.2. The van der Waals surface area contributed by atoms with Gasteiger partial charge < -0.3 is 16.0 Å². The van der Waals surface area contributed by atoms with Crippen LogP contribution in [0.1, 0.15) is 23.2 Å². The highest BCUT2D eigenvalue weighted by Gasteiger charge is 2.20. The summed E-state index contributed by atoms with van der Waals surface area (Å²) in [6.07, 6.45) is 7.29. The quantitative estimate of drug-likeness (QED) is 0.568. The minimum atomic E-state index is -0.312. The molecule has 6 nitrogen and oxygen atoms in total. The maximum absolute atomic E-state index is 13.1. The molecule has 0 radical (unpaired) electrons. The number of halogens is 1. The van der Waals surface area contributed by atoms with Crippen molar-refractivity contribution >= 4 is 28.8 Å². The molecule has 2 aromatic heterocycles. The summed E-state index contributed by atoms with van der Waals surface area (Å²) in [6.45, 7) is 0.925. The van der Waals surface area contributed by atoms with E-state index in [9.17, 15) is 9.18 Å². The van der Waals surface area contributed by atoms with Crippen molar-refractivity contribution in [2.75, 3.05) is 22.5 Å². The number of nitrogens with zero attached hydrogens (tertiary/aromatic N) is 2. The van der Waals surface area contributed by atoms with E-state index in [4.69, 9.17) is 0 Å². The fraction of sp³-hybridized carbons (Fsp3) is 0.190. The molecule has 0 spiro atoms. The molecule has 3 N–H and O–H groups in total. The fourth-order valence-electron chi connectivity index (χ4n) is 2.69. The number of hydrogen-bond donors (Lipinski definition) is 3. The van der Waals surface area contributed by atoms with Crippen LogP contribution < -0.4 is 16.0 Å². The predicted octanol–water partition coefficient (Wildman–Crippen LogP) is 4.43. The molecular formula is C21H20FN5O. The molecule has 3 aromatic rings. The maximum Gasteiger partial charge on any atom is 0.257 e. The van der Waals surface area contributed by atoms with Crippen molar-refractivity contribution in [3.8, 4) is 0 Å². The maximum atomic E-state index is 13.1. The molecule has 1 fully saturated rings. The molecule has 1 aromatic carbocycles. The highest BCUT2D eigenvalue weighted by molar-refractivity contribution is 6.05. The van der Waals surface area contributed by atoms with Gasteiger partial charge in [0.2, 0.25) is 0 Å². The Morgan fingerprint density at radius 2 is 1.86 bits per heavy atom. The molecule has 1 aliphatic rings. The average Bonchev–Trinajstić information content (AvgIpc) is 3.54. The molecule has 0 aliphatic heterocycles. The summed E-state index contributed by atoms with van der Waals surface area (Å²) in [5.41, 5.74) is 2.33. The number of aromatic nitrogens is 2. The molecule has 142 valence electrons. The summed E-state index contributed by atoms with van der Waals surface area (Å²) in [7, 11) is 0. The van der Waals surface area contributed by atoms with Gasteiger partial charge in [0.05, 0.1) is 23.1 Å². The molecule has 0 bridgehead atoms. The number of nitrogens with one attached hydrogen (secondary N) is 3. The van der Waals surface area contributed by atoms with Crippen LogP contribution >= 0.6 is 0 Å². The molecule has 0 atom stereocenters. The first kappa shape index (κ1) is 17.9. The van der Waals surface area contributed by atoms with Crippen LogP contribution in [0.2, 0.25) is 0 Å². The van der Waals surface area contributed by atoms with Crippen LogP contribution in [0.25, 0.3) is 0 Å². The van der Waals surface area contributed by atoms with E-state index in [0.29, 0.717) is 22.6 Å². The fourth-order valence-corrected chi connectivity index (χ4v) is 2.69. The van der Waals surface area contributed by atoms with E-state index < -0.39 is 0 Å². The third-order valence-electron chi connectivity index (χ3n) is 4.49. The standard InChI is InChI=1S/C21H20FN5O/c22-16-4-6-17(7-5-16)26-19-13-23-10-9-18(19)27-21(28)15-3-8-20(25-12-15)24-11-14-1-2-14/h3-10,12-14,26H,1-2,11H2,(H,24,25)(H,23,27,28). The van der Waals surface area contributed by atoms with Crippen molar-refractivity contribution in [1.82, 2.24) is 9.97 Å². The Balaban J connectivity index is 1.43. The molecule has 4 rings (SSSR count). The number of benzene rings is 1. The number of hydrogen-bond acceptors (Lipinski definition) is 5. The van der Waals surface area contributed by atoms with E-state index in [1.54, 1.807) is 42.9 Å². The zero-order valence-corrected chi connectivity index (χ0v) is 15.2. The largest absolute Gasteiger partial charge is 0.370 e. The van der Waals surface area contributed by atoms with E-state index >= 15 is 0 Å². The SMILES string of the molecule is O=C(Nc1ccncc1Nc1ccc(F)cc1)c1ccc(NCC2CC2)nc1. The van der Waals surface area contributed by atoms with Crippen LogP contribution in [0.5, 0.6) is 0 Å². The Morgan fingerprint density at radius 1 is 1.04 bits per heavy atom. The second kappa shape index (κ2) is 8.04. The van der Waals surface area contributed by atoms with Gasteiger partial charge in [0.15, 0.2) is 0 Å². The molecule has 0 saturated heterocycles. The van der Waals surface area contributed by atoms with Crippen molar-refractivity contribution in [1.29, 1.82) is 0 Å². The first-order chi connectivity index (χ1) is 13.7. The van der Waals surface area contributed by atoms with E-state index in [1.807, 2.05) is 6.07 Å². The van der Waals surface area contributed by atoms with E-state index in [0.717, 1.165) is 18.3 Å². The number of amides is 1. The molecule has 1 aliphatic carbocycles. The third kappa shape index (κ3) is 4.62. The van der Waals surface area contributed by atoms with Gasteiger partial charge in [0, 0.05) is 24.6 Å². The highest BCUT2D eigenvalue weighted by atomic mass is 19.1. The Bertz CT molecular complexity index is 955. The van der Waals surface area contributed by atoms with Gasteiger partial charge in [-0.05, 0) is 61.2 Å². The zero-order chi connectivity index (χ0) is 19.3. The third-order valence-corrected chi connectivity index (χ3v) is 4.49. The molecule has 7 heteroatoms. The first-order valence-electron chi connectivity index (χ1n) is 9.15.